The maximum atomic E-state index is 12.3. The molecule has 0 spiro atoms. The molecule has 0 aliphatic heterocycles. The molecule has 1 aromatic heterocycles. The van der Waals surface area contributed by atoms with Crippen molar-refractivity contribution in [3.05, 3.63) is 57.8 Å². The number of carbonyl (C=O) groups is 1. The molecular formula is C16H16F3N3O4. The number of aryl methyl sites for hydroxylation is 1. The molecule has 1 heterocycles. The number of rotatable bonds is 6. The number of nitrogens with zero attached hydrogens (tertiary/aromatic N) is 1. The zero-order valence-corrected chi connectivity index (χ0v) is 13.9. The van der Waals surface area contributed by atoms with E-state index in [1.54, 1.807) is 0 Å². The van der Waals surface area contributed by atoms with Crippen molar-refractivity contribution in [3.63, 3.8) is 0 Å². The lowest BCUT2D eigenvalue weighted by Crippen LogP contribution is -2.33. The summed E-state index contributed by atoms with van der Waals surface area (Å²) in [6.45, 7) is 1.59. The number of hydrogen-bond donors (Lipinski definition) is 2. The number of H-pyrrole nitrogens is 1. The Kier molecular flexibility index (Phi) is 5.98. The molecule has 26 heavy (non-hydrogen) atoms. The van der Waals surface area contributed by atoms with Gasteiger partial charge in [0.1, 0.15) is 17.3 Å². The standard InChI is InChI=1S/C16H16F3N3O4/c1-9-20-12(7-14(23)21-9)15(24)22-13(8-25-2)10-3-5-11(6-4-10)26-16(17,18)19/h3-7,13H,8H2,1-2H3,(H,22,24)(H,20,21,23). The van der Waals surface area contributed by atoms with Crippen molar-refractivity contribution in [2.24, 2.45) is 0 Å². The number of alkyl halides is 3. The highest BCUT2D eigenvalue weighted by molar-refractivity contribution is 5.92. The topological polar surface area (TPSA) is 93.3 Å². The Morgan fingerprint density at radius 3 is 2.50 bits per heavy atom. The Morgan fingerprint density at radius 2 is 1.96 bits per heavy atom. The molecule has 1 amide bonds. The molecule has 0 fully saturated rings. The van der Waals surface area contributed by atoms with Gasteiger partial charge in [-0.3, -0.25) is 9.59 Å². The fourth-order valence-electron chi connectivity index (χ4n) is 2.22. The largest absolute Gasteiger partial charge is 0.573 e. The van der Waals surface area contributed by atoms with E-state index in [0.717, 1.165) is 18.2 Å². The number of aromatic nitrogens is 2. The lowest BCUT2D eigenvalue weighted by Gasteiger charge is -2.19. The maximum Gasteiger partial charge on any atom is 0.573 e. The lowest BCUT2D eigenvalue weighted by atomic mass is 10.1. The van der Waals surface area contributed by atoms with E-state index in [-0.39, 0.29) is 23.9 Å². The molecule has 10 heteroatoms. The number of benzene rings is 1. The van der Waals surface area contributed by atoms with E-state index in [9.17, 15) is 22.8 Å². The fraction of sp³-hybridized carbons (Fsp3) is 0.312. The van der Waals surface area contributed by atoms with Crippen LogP contribution < -0.4 is 15.6 Å². The van der Waals surface area contributed by atoms with E-state index in [1.807, 2.05) is 0 Å². The van der Waals surface area contributed by atoms with Gasteiger partial charge in [0, 0.05) is 13.2 Å². The summed E-state index contributed by atoms with van der Waals surface area (Å²) in [5.74, 6) is -0.716. The molecular weight excluding hydrogens is 355 g/mol. The molecule has 0 radical (unpaired) electrons. The van der Waals surface area contributed by atoms with Crippen LogP contribution in [0.2, 0.25) is 0 Å². The summed E-state index contributed by atoms with van der Waals surface area (Å²) in [5, 5.41) is 2.63. The summed E-state index contributed by atoms with van der Waals surface area (Å²) in [7, 11) is 1.41. The molecule has 140 valence electrons. The summed E-state index contributed by atoms with van der Waals surface area (Å²) >= 11 is 0. The van der Waals surface area contributed by atoms with Crippen molar-refractivity contribution in [1.29, 1.82) is 0 Å². The Balaban J connectivity index is 2.17. The van der Waals surface area contributed by atoms with Crippen molar-refractivity contribution in [2.45, 2.75) is 19.3 Å². The molecule has 1 atom stereocenters. The smallest absolute Gasteiger partial charge is 0.406 e. The molecule has 2 aromatic rings. The summed E-state index contributed by atoms with van der Waals surface area (Å²) in [6, 6.07) is 5.41. The second kappa shape index (κ2) is 8.00. The van der Waals surface area contributed by atoms with Gasteiger partial charge in [-0.1, -0.05) is 12.1 Å². The van der Waals surface area contributed by atoms with Crippen LogP contribution in [0.4, 0.5) is 13.2 Å². The monoisotopic (exact) mass is 371 g/mol. The highest BCUT2D eigenvalue weighted by Gasteiger charge is 2.31. The van der Waals surface area contributed by atoms with Gasteiger partial charge in [-0.05, 0) is 24.6 Å². The number of aromatic amines is 1. The zero-order valence-electron chi connectivity index (χ0n) is 13.9. The van der Waals surface area contributed by atoms with Crippen LogP contribution in [0.1, 0.15) is 27.9 Å². The summed E-state index contributed by atoms with van der Waals surface area (Å²) in [4.78, 5) is 30.1. The van der Waals surface area contributed by atoms with E-state index in [2.05, 4.69) is 20.0 Å². The number of halogens is 3. The highest BCUT2D eigenvalue weighted by Crippen LogP contribution is 2.24. The number of amides is 1. The third-order valence-corrected chi connectivity index (χ3v) is 3.25. The van der Waals surface area contributed by atoms with E-state index < -0.39 is 23.9 Å². The van der Waals surface area contributed by atoms with Crippen LogP contribution in [0.25, 0.3) is 0 Å². The average Bonchev–Trinajstić information content (AvgIpc) is 2.52. The minimum absolute atomic E-state index is 0.0629. The van der Waals surface area contributed by atoms with Crippen LogP contribution in [0.15, 0.2) is 35.1 Å². The first-order valence-corrected chi connectivity index (χ1v) is 7.41. The van der Waals surface area contributed by atoms with E-state index in [0.29, 0.717) is 5.56 Å². The SMILES string of the molecule is COCC(NC(=O)c1cc(=O)[nH]c(C)n1)c1ccc(OC(F)(F)F)cc1. The Labute approximate surface area is 146 Å². The van der Waals surface area contributed by atoms with Gasteiger partial charge in [0.25, 0.3) is 11.5 Å². The molecule has 0 saturated carbocycles. The van der Waals surface area contributed by atoms with Crippen molar-refractivity contribution in [3.8, 4) is 5.75 Å². The van der Waals surface area contributed by atoms with Crippen LogP contribution in [-0.2, 0) is 4.74 Å². The van der Waals surface area contributed by atoms with Crippen molar-refractivity contribution in [2.75, 3.05) is 13.7 Å². The molecule has 1 unspecified atom stereocenters. The number of hydrogen-bond acceptors (Lipinski definition) is 5. The van der Waals surface area contributed by atoms with Gasteiger partial charge in [-0.25, -0.2) is 4.98 Å². The fourth-order valence-corrected chi connectivity index (χ4v) is 2.22. The van der Waals surface area contributed by atoms with Crippen molar-refractivity contribution in [1.82, 2.24) is 15.3 Å². The number of ether oxygens (including phenoxy) is 2. The average molecular weight is 371 g/mol. The van der Waals surface area contributed by atoms with Crippen LogP contribution in [0.3, 0.4) is 0 Å². The van der Waals surface area contributed by atoms with Crippen LogP contribution in [0, 0.1) is 6.92 Å². The molecule has 1 aromatic carbocycles. The highest BCUT2D eigenvalue weighted by atomic mass is 19.4. The van der Waals surface area contributed by atoms with Gasteiger partial charge in [0.05, 0.1) is 12.6 Å². The first kappa shape index (κ1) is 19.4. The molecule has 2 rings (SSSR count). The van der Waals surface area contributed by atoms with Gasteiger partial charge >= 0.3 is 6.36 Å². The minimum Gasteiger partial charge on any atom is -0.406 e. The third-order valence-electron chi connectivity index (χ3n) is 3.25. The Morgan fingerprint density at radius 1 is 1.31 bits per heavy atom. The number of methoxy groups -OCH3 is 1. The van der Waals surface area contributed by atoms with Gasteiger partial charge < -0.3 is 19.8 Å². The molecule has 0 bridgehead atoms. The van der Waals surface area contributed by atoms with Gasteiger partial charge in [0.2, 0.25) is 0 Å². The van der Waals surface area contributed by atoms with E-state index >= 15 is 0 Å². The number of carbonyl (C=O) groups excluding carboxylic acids is 1. The Bertz CT molecular complexity index is 819. The van der Waals surface area contributed by atoms with Crippen LogP contribution in [-0.4, -0.2) is 36.0 Å². The summed E-state index contributed by atoms with van der Waals surface area (Å²) in [5.41, 5.74) is -0.0553. The first-order valence-electron chi connectivity index (χ1n) is 7.41. The summed E-state index contributed by atoms with van der Waals surface area (Å²) in [6.07, 6.45) is -4.79. The van der Waals surface area contributed by atoms with Gasteiger partial charge in [-0.15, -0.1) is 13.2 Å². The third kappa shape index (κ3) is 5.59. The molecule has 0 aliphatic rings. The van der Waals surface area contributed by atoms with Crippen LogP contribution >= 0.6 is 0 Å². The number of nitrogens with one attached hydrogen (secondary N) is 2. The predicted molar refractivity (Wildman–Crippen MR) is 84.8 cm³/mol. The quantitative estimate of drug-likeness (QED) is 0.811. The normalized spacial score (nSPS) is 12.5. The maximum absolute atomic E-state index is 12.3. The Hall–Kier alpha value is -2.88. The van der Waals surface area contributed by atoms with Crippen molar-refractivity contribution < 1.29 is 27.4 Å². The van der Waals surface area contributed by atoms with Gasteiger partial charge in [-0.2, -0.15) is 0 Å². The molecule has 0 aliphatic carbocycles. The second-order valence-electron chi connectivity index (χ2n) is 5.31. The van der Waals surface area contributed by atoms with E-state index in [4.69, 9.17) is 4.74 Å². The second-order valence-corrected chi connectivity index (χ2v) is 5.31. The summed E-state index contributed by atoms with van der Waals surface area (Å²) < 4.78 is 45.5. The van der Waals surface area contributed by atoms with Crippen LogP contribution in [0.5, 0.6) is 5.75 Å². The molecule has 2 N–H and O–H groups in total. The van der Waals surface area contributed by atoms with Gasteiger partial charge in [0.15, 0.2) is 0 Å². The lowest BCUT2D eigenvalue weighted by molar-refractivity contribution is -0.274. The van der Waals surface area contributed by atoms with E-state index in [1.165, 1.54) is 26.2 Å². The molecule has 0 saturated heterocycles. The first-order chi connectivity index (χ1) is 12.2. The van der Waals surface area contributed by atoms with Crippen molar-refractivity contribution >= 4 is 5.91 Å². The predicted octanol–water partition coefficient (Wildman–Crippen LogP) is 2.09. The zero-order chi connectivity index (χ0) is 19.3. The minimum atomic E-state index is -4.79. The molecule has 7 nitrogen and oxygen atoms in total.